The second-order valence-corrected chi connectivity index (χ2v) is 6.03. The molecule has 0 amide bonds. The summed E-state index contributed by atoms with van der Waals surface area (Å²) in [4.78, 5) is 0. The summed E-state index contributed by atoms with van der Waals surface area (Å²) >= 11 is 5.61. The average Bonchev–Trinajstić information content (AvgIpc) is 2.38. The third kappa shape index (κ3) is 18.1. The van der Waals surface area contributed by atoms with Crippen molar-refractivity contribution in [2.75, 3.05) is 5.88 Å². The van der Waals surface area contributed by atoms with Crippen LogP contribution in [0, 0.1) is 0 Å². The van der Waals surface area contributed by atoms with Gasteiger partial charge in [-0.2, -0.15) is 13.2 Å². The highest BCUT2D eigenvalue weighted by Crippen LogP contribution is 2.23. The van der Waals surface area contributed by atoms with Crippen molar-refractivity contribution in [3.63, 3.8) is 0 Å². The molecule has 0 atom stereocenters. The van der Waals surface area contributed by atoms with E-state index in [9.17, 15) is 13.2 Å². The minimum absolute atomic E-state index is 0.297. The van der Waals surface area contributed by atoms with Crippen LogP contribution in [0.4, 0.5) is 13.2 Å². The Morgan fingerprint density at radius 3 is 1.10 bits per heavy atom. The summed E-state index contributed by atoms with van der Waals surface area (Å²) in [6.07, 6.45) is 9.78. The van der Waals surface area contributed by atoms with E-state index >= 15 is 0 Å². The molecule has 122 valence electrons. The molecule has 20 heavy (non-hydrogen) atoms. The lowest BCUT2D eigenvalue weighted by Gasteiger charge is -2.05. The van der Waals surface area contributed by atoms with E-state index < -0.39 is 12.6 Å². The maximum Gasteiger partial charge on any atom is 0.389 e. The first-order chi connectivity index (χ1) is 9.56. The van der Waals surface area contributed by atoms with Crippen molar-refractivity contribution < 1.29 is 13.2 Å². The molecule has 0 N–H and O–H groups in total. The minimum atomic E-state index is -3.97. The van der Waals surface area contributed by atoms with Crippen LogP contribution in [-0.4, -0.2) is 12.1 Å². The monoisotopic (exact) mass is 314 g/mol. The Balaban J connectivity index is 2.99. The lowest BCUT2D eigenvalue weighted by Crippen LogP contribution is -2.06. The van der Waals surface area contributed by atoms with Gasteiger partial charge in [0.1, 0.15) is 0 Å². The third-order valence-corrected chi connectivity index (χ3v) is 3.86. The lowest BCUT2D eigenvalue weighted by atomic mass is 10.0. The van der Waals surface area contributed by atoms with Gasteiger partial charge in [-0.15, -0.1) is 11.6 Å². The summed E-state index contributed by atoms with van der Waals surface area (Å²) in [6, 6.07) is 0. The fourth-order valence-electron chi connectivity index (χ4n) is 2.36. The number of halogens is 4. The zero-order chi connectivity index (χ0) is 15.1. The quantitative estimate of drug-likeness (QED) is 0.234. The summed E-state index contributed by atoms with van der Waals surface area (Å²) < 4.78 is 35.7. The van der Waals surface area contributed by atoms with Crippen LogP contribution in [0.2, 0.25) is 0 Å². The van der Waals surface area contributed by atoms with Gasteiger partial charge in [0, 0.05) is 12.3 Å². The molecule has 0 unspecified atom stereocenters. The normalized spacial score (nSPS) is 12.0. The predicted octanol–water partition coefficient (Wildman–Crippen LogP) is 7.25. The van der Waals surface area contributed by atoms with E-state index in [0.29, 0.717) is 6.42 Å². The van der Waals surface area contributed by atoms with Crippen molar-refractivity contribution in [2.45, 2.75) is 96.1 Å². The maximum atomic E-state index is 11.9. The Morgan fingerprint density at radius 2 is 0.800 bits per heavy atom. The Bertz CT molecular complexity index is 193. The molecule has 0 heterocycles. The van der Waals surface area contributed by atoms with Crippen LogP contribution in [0.25, 0.3) is 0 Å². The third-order valence-electron chi connectivity index (χ3n) is 3.59. The maximum absolute atomic E-state index is 11.9. The summed E-state index contributed by atoms with van der Waals surface area (Å²) in [7, 11) is 0. The molecular formula is C16H30ClF3. The minimum Gasteiger partial charge on any atom is -0.171 e. The van der Waals surface area contributed by atoms with Gasteiger partial charge >= 0.3 is 6.18 Å². The molecule has 0 aliphatic rings. The smallest absolute Gasteiger partial charge is 0.171 e. The molecule has 4 heteroatoms. The van der Waals surface area contributed by atoms with Crippen LogP contribution in [0.5, 0.6) is 0 Å². The Morgan fingerprint density at radius 1 is 0.500 bits per heavy atom. The van der Waals surface area contributed by atoms with Crippen LogP contribution in [0.1, 0.15) is 89.9 Å². The van der Waals surface area contributed by atoms with Gasteiger partial charge in [0.25, 0.3) is 0 Å². The molecule has 0 aromatic carbocycles. The van der Waals surface area contributed by atoms with Crippen LogP contribution in [0.15, 0.2) is 0 Å². The van der Waals surface area contributed by atoms with Crippen molar-refractivity contribution in [3.05, 3.63) is 0 Å². The van der Waals surface area contributed by atoms with Gasteiger partial charge in [-0.1, -0.05) is 70.6 Å². The molecule has 0 aliphatic carbocycles. The van der Waals surface area contributed by atoms with Crippen LogP contribution in [0.3, 0.4) is 0 Å². The molecule has 0 saturated heterocycles. The molecular weight excluding hydrogens is 285 g/mol. The zero-order valence-electron chi connectivity index (χ0n) is 12.6. The summed E-state index contributed by atoms with van der Waals surface area (Å²) in [5, 5.41) is 0. The highest BCUT2D eigenvalue weighted by Gasteiger charge is 2.25. The SMILES string of the molecule is FC(F)(F)CCCCCCCCCCCCCCCCl. The highest BCUT2D eigenvalue weighted by molar-refractivity contribution is 6.17. The standard InChI is InChI=1S/C16H30ClF3/c17-15-13-11-9-7-5-3-1-2-4-6-8-10-12-14-16(18,19)20/h1-15H2. The number of hydrogen-bond donors (Lipinski definition) is 0. The Kier molecular flexibility index (Phi) is 14.1. The summed E-state index contributed by atoms with van der Waals surface area (Å²) in [6.45, 7) is 0. The fourth-order valence-corrected chi connectivity index (χ4v) is 2.55. The van der Waals surface area contributed by atoms with E-state index in [1.165, 1.54) is 51.4 Å². The van der Waals surface area contributed by atoms with Crippen LogP contribution >= 0.6 is 11.6 Å². The molecule has 0 nitrogen and oxygen atoms in total. The van der Waals surface area contributed by atoms with E-state index in [1.54, 1.807) is 0 Å². The molecule has 0 aromatic heterocycles. The molecule has 0 fully saturated rings. The molecule has 0 rings (SSSR count). The van der Waals surface area contributed by atoms with E-state index in [4.69, 9.17) is 11.6 Å². The topological polar surface area (TPSA) is 0 Å². The van der Waals surface area contributed by atoms with Crippen LogP contribution in [-0.2, 0) is 0 Å². The second-order valence-electron chi connectivity index (χ2n) is 5.65. The van der Waals surface area contributed by atoms with Gasteiger partial charge in [0.2, 0.25) is 0 Å². The molecule has 0 radical (unpaired) electrons. The van der Waals surface area contributed by atoms with E-state index in [2.05, 4.69) is 0 Å². The van der Waals surface area contributed by atoms with Crippen molar-refractivity contribution in [3.8, 4) is 0 Å². The number of unbranched alkanes of at least 4 members (excludes halogenated alkanes) is 12. The molecule has 0 bridgehead atoms. The fraction of sp³-hybridized carbons (Fsp3) is 1.00. The van der Waals surface area contributed by atoms with Crippen molar-refractivity contribution >= 4 is 11.6 Å². The van der Waals surface area contributed by atoms with Crippen molar-refractivity contribution in [1.82, 2.24) is 0 Å². The average molecular weight is 315 g/mol. The van der Waals surface area contributed by atoms with E-state index in [0.717, 1.165) is 31.6 Å². The Labute approximate surface area is 127 Å². The first-order valence-corrected chi connectivity index (χ1v) is 8.72. The van der Waals surface area contributed by atoms with Crippen molar-refractivity contribution in [1.29, 1.82) is 0 Å². The first-order valence-electron chi connectivity index (χ1n) is 8.19. The van der Waals surface area contributed by atoms with E-state index in [-0.39, 0.29) is 0 Å². The summed E-state index contributed by atoms with van der Waals surface area (Å²) in [5.41, 5.74) is 0. The second kappa shape index (κ2) is 14.0. The van der Waals surface area contributed by atoms with Gasteiger partial charge in [-0.05, 0) is 12.8 Å². The number of alkyl halides is 4. The van der Waals surface area contributed by atoms with Crippen molar-refractivity contribution in [2.24, 2.45) is 0 Å². The number of rotatable bonds is 14. The van der Waals surface area contributed by atoms with Gasteiger partial charge < -0.3 is 0 Å². The van der Waals surface area contributed by atoms with Crippen LogP contribution < -0.4 is 0 Å². The number of hydrogen-bond acceptors (Lipinski definition) is 0. The summed E-state index contributed by atoms with van der Waals surface area (Å²) in [5.74, 6) is 0.781. The molecule has 0 aromatic rings. The van der Waals surface area contributed by atoms with Gasteiger partial charge in [-0.3, -0.25) is 0 Å². The van der Waals surface area contributed by atoms with Gasteiger partial charge in [0.15, 0.2) is 0 Å². The van der Waals surface area contributed by atoms with Gasteiger partial charge in [-0.25, -0.2) is 0 Å². The zero-order valence-corrected chi connectivity index (χ0v) is 13.4. The molecule has 0 aliphatic heterocycles. The lowest BCUT2D eigenvalue weighted by molar-refractivity contribution is -0.135. The largest absolute Gasteiger partial charge is 0.389 e. The first kappa shape index (κ1) is 20.1. The predicted molar refractivity (Wildman–Crippen MR) is 81.4 cm³/mol. The van der Waals surface area contributed by atoms with E-state index in [1.807, 2.05) is 0 Å². The molecule has 0 spiro atoms. The molecule has 0 saturated carbocycles. The highest BCUT2D eigenvalue weighted by atomic mass is 35.5. The Hall–Kier alpha value is 0.0800. The van der Waals surface area contributed by atoms with Gasteiger partial charge in [0.05, 0.1) is 0 Å².